The van der Waals surface area contributed by atoms with Crippen molar-refractivity contribution in [3.8, 4) is 17.6 Å². The second kappa shape index (κ2) is 3.13. The minimum atomic E-state index is -0.541. The number of aliphatic hydroxyl groups is 1. The van der Waals surface area contributed by atoms with Crippen molar-refractivity contribution >= 4 is 0 Å². The Labute approximate surface area is 93.0 Å². The van der Waals surface area contributed by atoms with Crippen LogP contribution < -0.4 is 9.47 Å². The summed E-state index contributed by atoms with van der Waals surface area (Å²) in [7, 11) is 0. The third-order valence-electron chi connectivity index (χ3n) is 3.31. The van der Waals surface area contributed by atoms with Gasteiger partial charge in [-0.1, -0.05) is 6.07 Å². The van der Waals surface area contributed by atoms with Gasteiger partial charge in [0.25, 0.3) is 0 Å². The monoisotopic (exact) mass is 217 g/mol. The van der Waals surface area contributed by atoms with Crippen LogP contribution >= 0.6 is 0 Å². The highest BCUT2D eigenvalue weighted by Gasteiger charge is 2.45. The molecule has 4 heteroatoms. The molecule has 16 heavy (non-hydrogen) atoms. The summed E-state index contributed by atoms with van der Waals surface area (Å²) in [5, 5.41) is 18.6. The van der Waals surface area contributed by atoms with E-state index in [1.807, 2.05) is 18.2 Å². The molecule has 4 nitrogen and oxygen atoms in total. The fourth-order valence-electron chi connectivity index (χ4n) is 2.33. The van der Waals surface area contributed by atoms with Crippen molar-refractivity contribution in [2.24, 2.45) is 0 Å². The lowest BCUT2D eigenvalue weighted by Crippen LogP contribution is -2.43. The molecule has 1 aliphatic heterocycles. The van der Waals surface area contributed by atoms with Crippen molar-refractivity contribution in [3.63, 3.8) is 0 Å². The van der Waals surface area contributed by atoms with Crippen LogP contribution in [0.25, 0.3) is 0 Å². The van der Waals surface area contributed by atoms with Gasteiger partial charge in [0.1, 0.15) is 0 Å². The molecule has 0 atom stereocenters. The van der Waals surface area contributed by atoms with E-state index in [2.05, 4.69) is 6.07 Å². The molecule has 82 valence electrons. The molecule has 1 N–H and O–H groups in total. The van der Waals surface area contributed by atoms with E-state index in [0.29, 0.717) is 18.6 Å². The number of aliphatic hydroxyl groups excluding tert-OH is 1. The Bertz CT molecular complexity index is 472. The summed E-state index contributed by atoms with van der Waals surface area (Å²) in [5.41, 5.74) is 0.366. The average molecular weight is 217 g/mol. The van der Waals surface area contributed by atoms with Crippen molar-refractivity contribution in [3.05, 3.63) is 23.8 Å². The Kier molecular flexibility index (Phi) is 1.86. The van der Waals surface area contributed by atoms with Crippen molar-refractivity contribution in [2.45, 2.75) is 24.4 Å². The van der Waals surface area contributed by atoms with Crippen molar-refractivity contribution in [1.82, 2.24) is 0 Å². The number of rotatable bonds is 1. The van der Waals surface area contributed by atoms with Crippen LogP contribution in [0.2, 0.25) is 0 Å². The number of benzene rings is 1. The SMILES string of the molecule is N#CC1(c2ccc3c(c2)OCO3)CC(O)C1. The van der Waals surface area contributed by atoms with E-state index in [1.54, 1.807) is 0 Å². The summed E-state index contributed by atoms with van der Waals surface area (Å²) < 4.78 is 10.5. The Balaban J connectivity index is 1.98. The van der Waals surface area contributed by atoms with Crippen LogP contribution in [0.4, 0.5) is 0 Å². The standard InChI is InChI=1S/C12H11NO3/c13-6-12(4-9(14)5-12)8-1-2-10-11(3-8)16-7-15-10/h1-3,9,14H,4-5,7H2. The molecule has 2 aliphatic rings. The normalized spacial score (nSPS) is 30.6. The second-order valence-corrected chi connectivity index (χ2v) is 4.32. The molecule has 0 saturated heterocycles. The first kappa shape index (κ1) is 9.49. The predicted octanol–water partition coefficient (Wildman–Crippen LogP) is 1.33. The van der Waals surface area contributed by atoms with Gasteiger partial charge < -0.3 is 14.6 Å². The molecule has 0 unspecified atom stereocenters. The summed E-state index contributed by atoms with van der Waals surface area (Å²) in [6.07, 6.45) is 0.650. The fraction of sp³-hybridized carbons (Fsp3) is 0.417. The highest BCUT2D eigenvalue weighted by molar-refractivity contribution is 5.49. The van der Waals surface area contributed by atoms with Crippen molar-refractivity contribution < 1.29 is 14.6 Å². The molecule has 0 radical (unpaired) electrons. The number of nitriles is 1. The van der Waals surface area contributed by atoms with E-state index in [0.717, 1.165) is 11.3 Å². The van der Waals surface area contributed by atoms with E-state index < -0.39 is 5.41 Å². The molecule has 1 aromatic rings. The number of nitrogens with zero attached hydrogens (tertiary/aromatic N) is 1. The van der Waals surface area contributed by atoms with Crippen LogP contribution in [0.5, 0.6) is 11.5 Å². The molecule has 3 rings (SSSR count). The maximum absolute atomic E-state index is 9.36. The average Bonchev–Trinajstić information content (AvgIpc) is 2.71. The zero-order valence-corrected chi connectivity index (χ0v) is 8.64. The second-order valence-electron chi connectivity index (χ2n) is 4.32. The van der Waals surface area contributed by atoms with Crippen LogP contribution in [0.1, 0.15) is 18.4 Å². The molecule has 1 heterocycles. The number of fused-ring (bicyclic) bond motifs is 1. The smallest absolute Gasteiger partial charge is 0.231 e. The molecule has 1 aliphatic carbocycles. The topological polar surface area (TPSA) is 62.5 Å². The Hall–Kier alpha value is -1.73. The molecule has 1 fully saturated rings. The molecule has 0 bridgehead atoms. The quantitative estimate of drug-likeness (QED) is 0.770. The molecule has 0 aromatic heterocycles. The van der Waals surface area contributed by atoms with Crippen molar-refractivity contribution in [1.29, 1.82) is 5.26 Å². The van der Waals surface area contributed by atoms with Gasteiger partial charge in [-0.25, -0.2) is 0 Å². The largest absolute Gasteiger partial charge is 0.454 e. The van der Waals surface area contributed by atoms with Crippen molar-refractivity contribution in [2.75, 3.05) is 6.79 Å². The number of hydrogen-bond acceptors (Lipinski definition) is 4. The zero-order chi connectivity index (χ0) is 11.2. The summed E-state index contributed by atoms with van der Waals surface area (Å²) >= 11 is 0. The van der Waals surface area contributed by atoms with E-state index in [4.69, 9.17) is 9.47 Å². The molecule has 1 aromatic carbocycles. The van der Waals surface area contributed by atoms with E-state index in [9.17, 15) is 10.4 Å². The maximum Gasteiger partial charge on any atom is 0.231 e. The molecular weight excluding hydrogens is 206 g/mol. The first-order chi connectivity index (χ1) is 7.73. The third kappa shape index (κ3) is 1.18. The van der Waals surface area contributed by atoms with Gasteiger partial charge in [0.15, 0.2) is 11.5 Å². The van der Waals surface area contributed by atoms with Gasteiger partial charge in [0.2, 0.25) is 6.79 Å². The summed E-state index contributed by atoms with van der Waals surface area (Å²) in [6, 6.07) is 7.84. The predicted molar refractivity (Wildman–Crippen MR) is 55.1 cm³/mol. The number of hydrogen-bond donors (Lipinski definition) is 1. The lowest BCUT2D eigenvalue weighted by molar-refractivity contribution is 0.0446. The van der Waals surface area contributed by atoms with Crippen LogP contribution in [0.15, 0.2) is 18.2 Å². The number of ether oxygens (including phenoxy) is 2. The minimum Gasteiger partial charge on any atom is -0.454 e. The Morgan fingerprint density at radius 1 is 1.31 bits per heavy atom. The fourth-order valence-corrected chi connectivity index (χ4v) is 2.33. The summed E-state index contributed by atoms with van der Waals surface area (Å²) in [6.45, 7) is 0.237. The van der Waals surface area contributed by atoms with Crippen LogP contribution in [0.3, 0.4) is 0 Å². The van der Waals surface area contributed by atoms with Crippen LogP contribution in [0, 0.1) is 11.3 Å². The first-order valence-corrected chi connectivity index (χ1v) is 5.23. The third-order valence-corrected chi connectivity index (χ3v) is 3.31. The van der Waals surface area contributed by atoms with Crippen LogP contribution in [-0.4, -0.2) is 18.0 Å². The van der Waals surface area contributed by atoms with E-state index in [1.165, 1.54) is 0 Å². The van der Waals surface area contributed by atoms with E-state index in [-0.39, 0.29) is 12.9 Å². The first-order valence-electron chi connectivity index (χ1n) is 5.23. The van der Waals surface area contributed by atoms with Gasteiger partial charge in [-0.15, -0.1) is 0 Å². The molecule has 1 saturated carbocycles. The van der Waals surface area contributed by atoms with E-state index >= 15 is 0 Å². The Morgan fingerprint density at radius 2 is 2.06 bits per heavy atom. The molecule has 0 amide bonds. The lowest BCUT2D eigenvalue weighted by atomic mass is 9.64. The maximum atomic E-state index is 9.36. The summed E-state index contributed by atoms with van der Waals surface area (Å²) in [5.74, 6) is 1.41. The molecular formula is C12H11NO3. The molecule has 0 spiro atoms. The highest BCUT2D eigenvalue weighted by Crippen LogP contribution is 2.46. The van der Waals surface area contributed by atoms with Gasteiger partial charge in [-0.3, -0.25) is 0 Å². The minimum absolute atomic E-state index is 0.237. The Morgan fingerprint density at radius 3 is 2.75 bits per heavy atom. The van der Waals surface area contributed by atoms with Crippen LogP contribution in [-0.2, 0) is 5.41 Å². The van der Waals surface area contributed by atoms with Gasteiger partial charge in [-0.2, -0.15) is 5.26 Å². The zero-order valence-electron chi connectivity index (χ0n) is 8.64. The highest BCUT2D eigenvalue weighted by atomic mass is 16.7. The lowest BCUT2D eigenvalue weighted by Gasteiger charge is -2.40. The van der Waals surface area contributed by atoms with Gasteiger partial charge in [0, 0.05) is 0 Å². The van der Waals surface area contributed by atoms with Gasteiger partial charge in [0.05, 0.1) is 17.6 Å². The van der Waals surface area contributed by atoms with Gasteiger partial charge in [-0.05, 0) is 30.5 Å². The van der Waals surface area contributed by atoms with Gasteiger partial charge >= 0.3 is 0 Å². The summed E-state index contributed by atoms with van der Waals surface area (Å²) in [4.78, 5) is 0.